The summed E-state index contributed by atoms with van der Waals surface area (Å²) in [4.78, 5) is 4.71. The second-order valence-corrected chi connectivity index (χ2v) is 6.56. The van der Waals surface area contributed by atoms with Gasteiger partial charge in [0, 0.05) is 12.1 Å². The molecule has 0 amide bonds. The highest BCUT2D eigenvalue weighted by molar-refractivity contribution is 5.81. The summed E-state index contributed by atoms with van der Waals surface area (Å²) in [5, 5.41) is 0. The summed E-state index contributed by atoms with van der Waals surface area (Å²) in [5.74, 6) is 3.18. The van der Waals surface area contributed by atoms with Crippen LogP contribution in [0.4, 0.5) is 0 Å². The predicted octanol–water partition coefficient (Wildman–Crippen LogP) is 3.21. The molecule has 1 atom stereocenters. The van der Waals surface area contributed by atoms with Crippen molar-refractivity contribution in [3.63, 3.8) is 0 Å². The van der Waals surface area contributed by atoms with E-state index in [1.165, 1.54) is 5.56 Å². The zero-order valence-electron chi connectivity index (χ0n) is 15.1. The molecule has 4 rings (SSSR count). The maximum atomic E-state index is 6.15. The van der Waals surface area contributed by atoms with E-state index < -0.39 is 0 Å². The van der Waals surface area contributed by atoms with Crippen LogP contribution >= 0.6 is 0 Å². The van der Waals surface area contributed by atoms with Crippen LogP contribution in [0, 0.1) is 6.92 Å². The number of imidazole rings is 1. The van der Waals surface area contributed by atoms with E-state index in [1.54, 1.807) is 0 Å². The van der Waals surface area contributed by atoms with E-state index in [0.717, 1.165) is 34.1 Å². The van der Waals surface area contributed by atoms with Crippen LogP contribution < -0.4 is 19.9 Å². The summed E-state index contributed by atoms with van der Waals surface area (Å²) < 4.78 is 19.4. The summed E-state index contributed by atoms with van der Waals surface area (Å²) in [6.07, 6.45) is 0. The largest absolute Gasteiger partial charge is 0.492 e. The van der Waals surface area contributed by atoms with Crippen molar-refractivity contribution in [2.75, 3.05) is 19.8 Å². The van der Waals surface area contributed by atoms with E-state index in [9.17, 15) is 0 Å². The van der Waals surface area contributed by atoms with Crippen LogP contribution in [0.5, 0.6) is 17.2 Å². The molecule has 2 heterocycles. The van der Waals surface area contributed by atoms with Gasteiger partial charge in [-0.2, -0.15) is 0 Å². The Balaban J connectivity index is 1.62. The lowest BCUT2D eigenvalue weighted by Crippen LogP contribution is -2.17. The van der Waals surface area contributed by atoms with Gasteiger partial charge in [0.05, 0.1) is 23.6 Å². The Morgan fingerprint density at radius 2 is 1.96 bits per heavy atom. The van der Waals surface area contributed by atoms with Gasteiger partial charge in [-0.25, -0.2) is 4.98 Å². The number of ether oxygens (including phenoxy) is 3. The molecule has 2 N–H and O–H groups in total. The van der Waals surface area contributed by atoms with E-state index >= 15 is 0 Å². The molecule has 6 nitrogen and oxygen atoms in total. The molecule has 1 unspecified atom stereocenters. The Hall–Kier alpha value is -2.73. The minimum Gasteiger partial charge on any atom is -0.492 e. The van der Waals surface area contributed by atoms with E-state index in [4.69, 9.17) is 24.9 Å². The topological polar surface area (TPSA) is 71.5 Å². The number of aromatic nitrogens is 2. The van der Waals surface area contributed by atoms with Crippen LogP contribution in [0.3, 0.4) is 0 Å². The smallest absolute Gasteiger partial charge is 0.163 e. The molecule has 26 heavy (non-hydrogen) atoms. The molecule has 0 saturated heterocycles. The first kappa shape index (κ1) is 16.7. The van der Waals surface area contributed by atoms with E-state index in [0.29, 0.717) is 26.4 Å². The SMILES string of the molecule is Cc1cccc(OCCn2c(C(C)N)nc3cc4c(cc32)OCCO4)c1. The number of nitrogens with zero attached hydrogens (tertiary/aromatic N) is 2. The van der Waals surface area contributed by atoms with Crippen molar-refractivity contribution in [2.45, 2.75) is 26.4 Å². The van der Waals surface area contributed by atoms with Crippen molar-refractivity contribution in [1.82, 2.24) is 9.55 Å². The van der Waals surface area contributed by atoms with E-state index in [-0.39, 0.29) is 6.04 Å². The average molecular weight is 353 g/mol. The summed E-state index contributed by atoms with van der Waals surface area (Å²) in [5.41, 5.74) is 9.16. The molecule has 1 aliphatic rings. The molecule has 3 aromatic rings. The first-order valence-corrected chi connectivity index (χ1v) is 8.86. The standard InChI is InChI=1S/C20H23N3O3/c1-13-4-3-5-15(10-13)24-7-6-23-17-12-19-18(25-8-9-26-19)11-16(17)22-20(23)14(2)21/h3-5,10-12,14H,6-9,21H2,1-2H3. The van der Waals surface area contributed by atoms with Crippen molar-refractivity contribution >= 4 is 11.0 Å². The molecular weight excluding hydrogens is 330 g/mol. The van der Waals surface area contributed by atoms with Gasteiger partial charge in [0.15, 0.2) is 11.5 Å². The molecule has 1 aliphatic heterocycles. The number of aryl methyl sites for hydroxylation is 1. The van der Waals surface area contributed by atoms with Crippen LogP contribution in [0.25, 0.3) is 11.0 Å². The minimum absolute atomic E-state index is 0.180. The third kappa shape index (κ3) is 3.20. The van der Waals surface area contributed by atoms with Gasteiger partial charge in [-0.1, -0.05) is 12.1 Å². The molecule has 0 fully saturated rings. The summed E-state index contributed by atoms with van der Waals surface area (Å²) in [6, 6.07) is 11.8. The fraction of sp³-hybridized carbons (Fsp3) is 0.350. The van der Waals surface area contributed by atoms with Gasteiger partial charge in [-0.05, 0) is 31.5 Å². The number of hydrogen-bond acceptors (Lipinski definition) is 5. The van der Waals surface area contributed by atoms with Crippen LogP contribution in [0.15, 0.2) is 36.4 Å². The molecule has 0 aliphatic carbocycles. The second kappa shape index (κ2) is 6.88. The molecular formula is C20H23N3O3. The lowest BCUT2D eigenvalue weighted by molar-refractivity contribution is 0.172. The van der Waals surface area contributed by atoms with Crippen LogP contribution in [-0.2, 0) is 6.54 Å². The van der Waals surface area contributed by atoms with Gasteiger partial charge in [0.1, 0.15) is 31.4 Å². The summed E-state index contributed by atoms with van der Waals surface area (Å²) >= 11 is 0. The van der Waals surface area contributed by atoms with Crippen molar-refractivity contribution in [1.29, 1.82) is 0 Å². The molecule has 0 bridgehead atoms. The van der Waals surface area contributed by atoms with Crippen molar-refractivity contribution in [2.24, 2.45) is 5.73 Å². The molecule has 0 spiro atoms. The highest BCUT2D eigenvalue weighted by atomic mass is 16.6. The second-order valence-electron chi connectivity index (χ2n) is 6.56. The first-order valence-electron chi connectivity index (χ1n) is 8.86. The van der Waals surface area contributed by atoms with Gasteiger partial charge in [0.2, 0.25) is 0 Å². The molecule has 2 aromatic carbocycles. The normalized spacial score (nSPS) is 14.4. The molecule has 1 aromatic heterocycles. The third-order valence-electron chi connectivity index (χ3n) is 4.42. The van der Waals surface area contributed by atoms with Crippen LogP contribution in [0.2, 0.25) is 0 Å². The Morgan fingerprint density at radius 1 is 1.19 bits per heavy atom. The van der Waals surface area contributed by atoms with Crippen LogP contribution in [-0.4, -0.2) is 29.4 Å². The van der Waals surface area contributed by atoms with Gasteiger partial charge < -0.3 is 24.5 Å². The third-order valence-corrected chi connectivity index (χ3v) is 4.42. The molecule has 0 radical (unpaired) electrons. The minimum atomic E-state index is -0.180. The first-order chi connectivity index (χ1) is 12.6. The number of rotatable bonds is 5. The van der Waals surface area contributed by atoms with Crippen molar-refractivity contribution in [3.8, 4) is 17.2 Å². The van der Waals surface area contributed by atoms with E-state index in [1.807, 2.05) is 37.3 Å². The lowest BCUT2D eigenvalue weighted by atomic mass is 10.2. The zero-order chi connectivity index (χ0) is 18.1. The summed E-state index contributed by atoms with van der Waals surface area (Å²) in [7, 11) is 0. The van der Waals surface area contributed by atoms with Gasteiger partial charge >= 0.3 is 0 Å². The Labute approximate surface area is 152 Å². The maximum absolute atomic E-state index is 6.15. The monoisotopic (exact) mass is 353 g/mol. The predicted molar refractivity (Wildman–Crippen MR) is 100.0 cm³/mol. The van der Waals surface area contributed by atoms with Gasteiger partial charge in [-0.3, -0.25) is 0 Å². The lowest BCUT2D eigenvalue weighted by Gasteiger charge is -2.18. The summed E-state index contributed by atoms with van der Waals surface area (Å²) in [6.45, 7) is 6.29. The Bertz CT molecular complexity index is 933. The number of nitrogens with two attached hydrogens (primary N) is 1. The number of benzene rings is 2. The van der Waals surface area contributed by atoms with E-state index in [2.05, 4.69) is 17.6 Å². The fourth-order valence-corrected chi connectivity index (χ4v) is 3.22. The zero-order valence-corrected chi connectivity index (χ0v) is 15.1. The fourth-order valence-electron chi connectivity index (χ4n) is 3.22. The van der Waals surface area contributed by atoms with Crippen LogP contribution in [0.1, 0.15) is 24.4 Å². The van der Waals surface area contributed by atoms with Crippen molar-refractivity contribution in [3.05, 3.63) is 47.8 Å². The highest BCUT2D eigenvalue weighted by Gasteiger charge is 2.19. The molecule has 6 heteroatoms. The quantitative estimate of drug-likeness (QED) is 0.762. The Kier molecular flexibility index (Phi) is 4.42. The number of fused-ring (bicyclic) bond motifs is 2. The Morgan fingerprint density at radius 3 is 2.69 bits per heavy atom. The maximum Gasteiger partial charge on any atom is 0.163 e. The van der Waals surface area contributed by atoms with Gasteiger partial charge in [0.25, 0.3) is 0 Å². The molecule has 136 valence electrons. The molecule has 0 saturated carbocycles. The number of hydrogen-bond donors (Lipinski definition) is 1. The van der Waals surface area contributed by atoms with Crippen molar-refractivity contribution < 1.29 is 14.2 Å². The highest BCUT2D eigenvalue weighted by Crippen LogP contribution is 2.35. The van der Waals surface area contributed by atoms with Gasteiger partial charge in [-0.15, -0.1) is 0 Å². The average Bonchev–Trinajstić information content (AvgIpc) is 2.98.